The largest absolute Gasteiger partial charge is 0.493 e. The van der Waals surface area contributed by atoms with Gasteiger partial charge in [-0.1, -0.05) is 60.2 Å². The number of halogens is 1. The van der Waals surface area contributed by atoms with Crippen LogP contribution in [0.3, 0.4) is 0 Å². The molecule has 0 fully saturated rings. The van der Waals surface area contributed by atoms with E-state index in [2.05, 4.69) is 5.32 Å². The molecule has 11 heteroatoms. The molecule has 1 N–H and O–H groups in total. The fourth-order valence-corrected chi connectivity index (χ4v) is 6.41. The summed E-state index contributed by atoms with van der Waals surface area (Å²) in [6, 6.07) is 24.8. The van der Waals surface area contributed by atoms with Gasteiger partial charge in [-0.3, -0.25) is 13.9 Å². The quantitative estimate of drug-likeness (QED) is 0.204. The molecule has 242 valence electrons. The number of rotatable bonds is 14. The minimum atomic E-state index is -4.35. The van der Waals surface area contributed by atoms with Gasteiger partial charge in [-0.15, -0.1) is 0 Å². The number of benzene rings is 4. The first-order valence-electron chi connectivity index (χ1n) is 14.7. The third-order valence-electron chi connectivity index (χ3n) is 7.43. The van der Waals surface area contributed by atoms with E-state index in [1.165, 1.54) is 61.6 Å². The van der Waals surface area contributed by atoms with Crippen molar-refractivity contribution in [3.8, 4) is 11.5 Å². The highest BCUT2D eigenvalue weighted by Crippen LogP contribution is 2.32. The lowest BCUT2D eigenvalue weighted by Crippen LogP contribution is -2.53. The van der Waals surface area contributed by atoms with Crippen LogP contribution in [0.2, 0.25) is 0 Å². The molecule has 9 nitrogen and oxygen atoms in total. The third kappa shape index (κ3) is 8.22. The van der Waals surface area contributed by atoms with Crippen molar-refractivity contribution in [2.75, 3.05) is 31.6 Å². The summed E-state index contributed by atoms with van der Waals surface area (Å²) in [5.41, 5.74) is 2.54. The number of methoxy groups -OCH3 is 2. The molecule has 4 rings (SSSR count). The molecule has 0 aliphatic carbocycles. The number of nitrogens with zero attached hydrogens (tertiary/aromatic N) is 2. The fourth-order valence-electron chi connectivity index (χ4n) is 4.98. The maximum atomic E-state index is 14.4. The average Bonchev–Trinajstić information content (AvgIpc) is 3.06. The Bertz CT molecular complexity index is 1730. The van der Waals surface area contributed by atoms with Crippen LogP contribution in [-0.4, -0.2) is 58.5 Å². The number of hydrogen-bond acceptors (Lipinski definition) is 6. The number of carbonyl (C=O) groups excluding carboxylic acids is 2. The summed E-state index contributed by atoms with van der Waals surface area (Å²) in [7, 11) is -1.50. The van der Waals surface area contributed by atoms with Crippen molar-refractivity contribution in [1.29, 1.82) is 0 Å². The second-order valence-corrected chi connectivity index (χ2v) is 12.5. The van der Waals surface area contributed by atoms with Gasteiger partial charge in [-0.2, -0.15) is 0 Å². The molecule has 0 saturated heterocycles. The van der Waals surface area contributed by atoms with E-state index >= 15 is 0 Å². The summed E-state index contributed by atoms with van der Waals surface area (Å²) in [6.07, 6.45) is 0.173. The van der Waals surface area contributed by atoms with E-state index in [1.807, 2.05) is 37.3 Å². The molecule has 0 spiro atoms. The van der Waals surface area contributed by atoms with Gasteiger partial charge in [0.25, 0.3) is 10.0 Å². The molecule has 0 aromatic heterocycles. The van der Waals surface area contributed by atoms with E-state index < -0.39 is 40.2 Å². The molecule has 1 atom stereocenters. The number of carbonyl (C=O) groups is 2. The number of aryl methyl sites for hydroxylation is 1. The first-order chi connectivity index (χ1) is 22.1. The summed E-state index contributed by atoms with van der Waals surface area (Å²) in [5, 5.41) is 2.82. The third-order valence-corrected chi connectivity index (χ3v) is 9.20. The second-order valence-electron chi connectivity index (χ2n) is 10.6. The molecule has 0 heterocycles. The lowest BCUT2D eigenvalue weighted by Gasteiger charge is -2.34. The Hall–Kier alpha value is -4.90. The molecule has 0 aliphatic rings. The monoisotopic (exact) mass is 647 g/mol. The lowest BCUT2D eigenvalue weighted by atomic mass is 10.0. The molecule has 4 aromatic carbocycles. The van der Waals surface area contributed by atoms with Crippen molar-refractivity contribution in [3.05, 3.63) is 120 Å². The van der Waals surface area contributed by atoms with Crippen LogP contribution in [0.4, 0.5) is 10.1 Å². The Balaban J connectivity index is 1.81. The van der Waals surface area contributed by atoms with E-state index in [4.69, 9.17) is 9.47 Å². The first-order valence-corrected chi connectivity index (χ1v) is 16.2. The Morgan fingerprint density at radius 3 is 2.11 bits per heavy atom. The van der Waals surface area contributed by atoms with E-state index in [0.717, 1.165) is 15.4 Å². The van der Waals surface area contributed by atoms with Gasteiger partial charge in [-0.25, -0.2) is 12.8 Å². The maximum absolute atomic E-state index is 14.4. The molecule has 2 amide bonds. The zero-order valence-electron chi connectivity index (χ0n) is 26.3. The van der Waals surface area contributed by atoms with E-state index in [-0.39, 0.29) is 29.3 Å². The number of nitrogens with one attached hydrogen (secondary N) is 1. The smallest absolute Gasteiger partial charge is 0.264 e. The predicted molar refractivity (Wildman–Crippen MR) is 175 cm³/mol. The second kappa shape index (κ2) is 15.4. The Labute approximate surface area is 269 Å². The summed E-state index contributed by atoms with van der Waals surface area (Å²) >= 11 is 0. The zero-order valence-corrected chi connectivity index (χ0v) is 27.1. The number of sulfonamides is 1. The van der Waals surface area contributed by atoms with Crippen LogP contribution in [0.15, 0.2) is 102 Å². The molecule has 46 heavy (non-hydrogen) atoms. The van der Waals surface area contributed by atoms with Crippen molar-refractivity contribution in [1.82, 2.24) is 10.2 Å². The van der Waals surface area contributed by atoms with E-state index in [1.54, 1.807) is 31.2 Å². The summed E-state index contributed by atoms with van der Waals surface area (Å²) in [5.74, 6) is -0.920. The molecule has 0 saturated carbocycles. The van der Waals surface area contributed by atoms with Crippen LogP contribution >= 0.6 is 0 Å². The minimum Gasteiger partial charge on any atom is -0.493 e. The number of ether oxygens (including phenoxy) is 2. The Morgan fingerprint density at radius 1 is 0.848 bits per heavy atom. The Kier molecular flexibility index (Phi) is 11.4. The van der Waals surface area contributed by atoms with Crippen LogP contribution < -0.4 is 19.1 Å². The van der Waals surface area contributed by atoms with Crippen LogP contribution in [-0.2, 0) is 32.6 Å². The van der Waals surface area contributed by atoms with Gasteiger partial charge < -0.3 is 19.7 Å². The summed E-state index contributed by atoms with van der Waals surface area (Å²) in [4.78, 5) is 29.2. The van der Waals surface area contributed by atoms with Gasteiger partial charge >= 0.3 is 0 Å². The number of likely N-dealkylation sites (N-methyl/N-ethyl adjacent to an activating group) is 1. The highest BCUT2D eigenvalue weighted by Gasteiger charge is 2.35. The zero-order chi connectivity index (χ0) is 33.3. The molecule has 0 bridgehead atoms. The summed E-state index contributed by atoms with van der Waals surface area (Å²) in [6.45, 7) is 3.29. The number of hydrogen-bond donors (Lipinski definition) is 1. The number of anilines is 1. The molecule has 0 unspecified atom stereocenters. The SMILES string of the molecule is CCNC(=O)[C@H](Cc1ccccc1)N(Cc1ccc(F)cc1)C(=O)CN(c1ccc(C)cc1)S(=O)(=O)c1ccc(OC)c(OC)c1. The fraction of sp³-hybridized carbons (Fsp3) is 0.257. The standard InChI is InChI=1S/C35H38FN3O6S/c1-5-37-35(41)31(21-26-9-7-6-8-10-26)38(23-27-13-15-28(36)16-14-27)34(40)24-39(29-17-11-25(2)12-18-29)46(42,43)30-19-20-32(44-3)33(22-30)45-4/h6-20,22,31H,5,21,23-24H2,1-4H3,(H,37,41)/t31-/m0/s1. The topological polar surface area (TPSA) is 105 Å². The predicted octanol–water partition coefficient (Wildman–Crippen LogP) is 5.12. The van der Waals surface area contributed by atoms with Gasteiger partial charge in [0.1, 0.15) is 18.4 Å². The maximum Gasteiger partial charge on any atom is 0.264 e. The molecule has 0 radical (unpaired) electrons. The first kappa shape index (κ1) is 34.0. The minimum absolute atomic E-state index is 0.0636. The van der Waals surface area contributed by atoms with Gasteiger partial charge in [0.2, 0.25) is 11.8 Å². The van der Waals surface area contributed by atoms with Gasteiger partial charge in [0.15, 0.2) is 11.5 Å². The van der Waals surface area contributed by atoms with Crippen molar-refractivity contribution >= 4 is 27.5 Å². The number of amides is 2. The van der Waals surface area contributed by atoms with E-state index in [0.29, 0.717) is 17.9 Å². The van der Waals surface area contributed by atoms with E-state index in [9.17, 15) is 22.4 Å². The Morgan fingerprint density at radius 2 is 1.50 bits per heavy atom. The highest BCUT2D eigenvalue weighted by atomic mass is 32.2. The van der Waals surface area contributed by atoms with Crippen molar-refractivity contribution < 1.29 is 31.9 Å². The van der Waals surface area contributed by atoms with Crippen molar-refractivity contribution in [2.24, 2.45) is 0 Å². The molecular formula is C35H38FN3O6S. The van der Waals surface area contributed by atoms with Crippen molar-refractivity contribution in [2.45, 2.75) is 37.8 Å². The lowest BCUT2D eigenvalue weighted by molar-refractivity contribution is -0.140. The molecular weight excluding hydrogens is 609 g/mol. The van der Waals surface area contributed by atoms with Gasteiger partial charge in [-0.05, 0) is 61.4 Å². The van der Waals surface area contributed by atoms with Gasteiger partial charge in [0.05, 0.1) is 24.8 Å². The average molecular weight is 648 g/mol. The molecule has 4 aromatic rings. The normalized spacial score (nSPS) is 11.8. The van der Waals surface area contributed by atoms with Crippen LogP contribution in [0.5, 0.6) is 11.5 Å². The summed E-state index contributed by atoms with van der Waals surface area (Å²) < 4.78 is 54.0. The highest BCUT2D eigenvalue weighted by molar-refractivity contribution is 7.92. The van der Waals surface area contributed by atoms with Gasteiger partial charge in [0, 0.05) is 25.6 Å². The van der Waals surface area contributed by atoms with Crippen LogP contribution in [0, 0.1) is 12.7 Å². The van der Waals surface area contributed by atoms with Crippen molar-refractivity contribution in [3.63, 3.8) is 0 Å². The van der Waals surface area contributed by atoms with Crippen LogP contribution in [0.25, 0.3) is 0 Å². The molecule has 0 aliphatic heterocycles. The van der Waals surface area contributed by atoms with Crippen LogP contribution in [0.1, 0.15) is 23.6 Å².